The molecule has 0 saturated carbocycles. The molecule has 1 aliphatic rings. The molecule has 0 bridgehead atoms. The Hall–Kier alpha value is -0.680. The van der Waals surface area contributed by atoms with Gasteiger partial charge >= 0.3 is 0 Å². The van der Waals surface area contributed by atoms with Gasteiger partial charge in [0.05, 0.1) is 12.0 Å². The van der Waals surface area contributed by atoms with Crippen molar-refractivity contribution in [1.29, 1.82) is 0 Å². The summed E-state index contributed by atoms with van der Waals surface area (Å²) in [7, 11) is 0. The number of hydrogen-bond acceptors (Lipinski definition) is 4. The molecule has 0 saturated heterocycles. The fraction of sp³-hybridized carbons (Fsp3) is 0.143. The Morgan fingerprint density at radius 3 is 2.92 bits per heavy atom. The highest BCUT2D eigenvalue weighted by atomic mass is 32.2. The fourth-order valence-corrected chi connectivity index (χ4v) is 2.14. The largest absolute Gasteiger partial charge is 0.421 e. The summed E-state index contributed by atoms with van der Waals surface area (Å²) in [6.45, 7) is 0. The maximum absolute atomic E-state index is 11.0. The van der Waals surface area contributed by atoms with Crippen molar-refractivity contribution in [3.63, 3.8) is 0 Å². The maximum atomic E-state index is 11.0. The predicted molar refractivity (Wildman–Crippen MR) is 48.3 cm³/mol. The summed E-state index contributed by atoms with van der Waals surface area (Å²) < 4.78 is 21.3. The van der Waals surface area contributed by atoms with E-state index >= 15 is 0 Å². The third-order valence-corrected chi connectivity index (χ3v) is 3.14. The van der Waals surface area contributed by atoms with Gasteiger partial charge in [-0.3, -0.25) is 0 Å². The third kappa shape index (κ3) is 1.56. The van der Waals surface area contributed by atoms with Gasteiger partial charge in [-0.05, 0) is 12.1 Å². The second-order valence-corrected chi connectivity index (χ2v) is 4.27. The molecule has 0 amide bonds. The summed E-state index contributed by atoms with van der Waals surface area (Å²) in [5.41, 5.74) is 0. The molecule has 0 aromatic heterocycles. The highest BCUT2D eigenvalue weighted by Gasteiger charge is 2.14. The van der Waals surface area contributed by atoms with Crippen LogP contribution >= 0.6 is 12.0 Å². The second kappa shape index (κ2) is 3.37. The van der Waals surface area contributed by atoms with Crippen molar-refractivity contribution in [3.05, 3.63) is 24.3 Å². The van der Waals surface area contributed by atoms with Crippen LogP contribution < -0.4 is 8.37 Å². The van der Waals surface area contributed by atoms with E-state index in [9.17, 15) is 4.21 Å². The monoisotopic (exact) mass is 202 g/mol. The molecule has 2 rings (SSSR count). The van der Waals surface area contributed by atoms with Gasteiger partial charge in [0.25, 0.3) is 0 Å². The molecule has 1 unspecified atom stereocenters. The SMILES string of the molecule is O=S1CSOc2ccccc2O1. The predicted octanol–water partition coefficient (Wildman–Crippen LogP) is 1.73. The van der Waals surface area contributed by atoms with E-state index < -0.39 is 11.1 Å². The van der Waals surface area contributed by atoms with Crippen molar-refractivity contribution in [3.8, 4) is 11.5 Å². The zero-order valence-corrected chi connectivity index (χ0v) is 7.69. The molecule has 0 fully saturated rings. The Bertz CT molecular complexity index is 313. The van der Waals surface area contributed by atoms with Crippen LogP contribution in [-0.2, 0) is 11.1 Å². The lowest BCUT2D eigenvalue weighted by Crippen LogP contribution is -1.99. The minimum absolute atomic E-state index is 0.342. The van der Waals surface area contributed by atoms with Gasteiger partial charge in [-0.15, -0.1) is 0 Å². The molecule has 0 radical (unpaired) electrons. The lowest BCUT2D eigenvalue weighted by atomic mass is 10.3. The summed E-state index contributed by atoms with van der Waals surface area (Å²) in [6.07, 6.45) is 0. The van der Waals surface area contributed by atoms with Crippen LogP contribution in [0.25, 0.3) is 0 Å². The van der Waals surface area contributed by atoms with Gasteiger partial charge in [0.1, 0.15) is 5.08 Å². The van der Waals surface area contributed by atoms with Crippen LogP contribution in [0, 0.1) is 0 Å². The van der Waals surface area contributed by atoms with Crippen molar-refractivity contribution >= 4 is 23.1 Å². The van der Waals surface area contributed by atoms with E-state index in [0.29, 0.717) is 16.6 Å². The molecule has 1 aromatic carbocycles. The molecule has 0 spiro atoms. The Morgan fingerprint density at radius 2 is 2.08 bits per heavy atom. The number of benzene rings is 1. The summed E-state index contributed by atoms with van der Waals surface area (Å²) in [6, 6.07) is 7.18. The standard InChI is InChI=1S/C7H6O3S2/c8-12-5-11-9-6-3-1-2-4-7(6)10-12/h1-4H,5H2. The van der Waals surface area contributed by atoms with E-state index in [1.807, 2.05) is 12.1 Å². The lowest BCUT2D eigenvalue weighted by molar-refractivity contribution is 0.543. The van der Waals surface area contributed by atoms with E-state index in [1.165, 1.54) is 0 Å². The molecule has 1 atom stereocenters. The van der Waals surface area contributed by atoms with Crippen molar-refractivity contribution < 1.29 is 12.6 Å². The van der Waals surface area contributed by atoms with E-state index in [1.54, 1.807) is 12.1 Å². The topological polar surface area (TPSA) is 35.5 Å². The van der Waals surface area contributed by atoms with Gasteiger partial charge in [-0.1, -0.05) is 12.1 Å². The molecular formula is C7H6O3S2. The number of rotatable bonds is 0. The van der Waals surface area contributed by atoms with Gasteiger partial charge in [0.15, 0.2) is 11.5 Å². The van der Waals surface area contributed by atoms with Gasteiger partial charge in [-0.2, -0.15) is 0 Å². The maximum Gasteiger partial charge on any atom is 0.220 e. The number of fused-ring (bicyclic) bond motifs is 1. The molecule has 3 nitrogen and oxygen atoms in total. The van der Waals surface area contributed by atoms with Crippen LogP contribution in [0.1, 0.15) is 0 Å². The molecule has 1 heterocycles. The molecule has 1 aliphatic heterocycles. The Kier molecular flexibility index (Phi) is 2.23. The third-order valence-electron chi connectivity index (χ3n) is 1.32. The molecular weight excluding hydrogens is 196 g/mol. The highest BCUT2D eigenvalue weighted by Crippen LogP contribution is 2.32. The molecule has 0 aliphatic carbocycles. The van der Waals surface area contributed by atoms with E-state index in [-0.39, 0.29) is 0 Å². The average Bonchev–Trinajstić information content (AvgIpc) is 2.25. The van der Waals surface area contributed by atoms with Gasteiger partial charge in [0.2, 0.25) is 11.1 Å². The molecule has 1 aromatic rings. The summed E-state index contributed by atoms with van der Waals surface area (Å²) in [4.78, 5) is 0. The Morgan fingerprint density at radius 1 is 1.33 bits per heavy atom. The van der Waals surface area contributed by atoms with Crippen LogP contribution in [0.4, 0.5) is 0 Å². The van der Waals surface area contributed by atoms with Crippen LogP contribution in [0.5, 0.6) is 11.5 Å². The average molecular weight is 202 g/mol. The van der Waals surface area contributed by atoms with Crippen LogP contribution in [0.2, 0.25) is 0 Å². The van der Waals surface area contributed by atoms with E-state index in [4.69, 9.17) is 8.37 Å². The van der Waals surface area contributed by atoms with Crippen molar-refractivity contribution in [1.82, 2.24) is 0 Å². The smallest absolute Gasteiger partial charge is 0.220 e. The summed E-state index contributed by atoms with van der Waals surface area (Å²) >= 11 is -0.140. The summed E-state index contributed by atoms with van der Waals surface area (Å²) in [5.74, 6) is 1.18. The van der Waals surface area contributed by atoms with Gasteiger partial charge in [0, 0.05) is 0 Å². The summed E-state index contributed by atoms with van der Waals surface area (Å²) in [5, 5.41) is 0.342. The number of para-hydroxylation sites is 2. The van der Waals surface area contributed by atoms with Crippen LogP contribution in [-0.4, -0.2) is 9.29 Å². The van der Waals surface area contributed by atoms with Crippen LogP contribution in [0.3, 0.4) is 0 Å². The molecule has 5 heteroatoms. The fourth-order valence-electron chi connectivity index (χ4n) is 0.839. The number of hydrogen-bond donors (Lipinski definition) is 0. The Balaban J connectivity index is 2.37. The van der Waals surface area contributed by atoms with E-state index in [2.05, 4.69) is 0 Å². The Labute approximate surface area is 76.9 Å². The first-order valence-corrected chi connectivity index (χ1v) is 5.47. The minimum Gasteiger partial charge on any atom is -0.421 e. The quantitative estimate of drug-likeness (QED) is 0.600. The zero-order chi connectivity index (χ0) is 8.39. The first-order valence-electron chi connectivity index (χ1n) is 3.31. The van der Waals surface area contributed by atoms with E-state index in [0.717, 1.165) is 12.0 Å². The molecule has 64 valence electrons. The molecule has 12 heavy (non-hydrogen) atoms. The van der Waals surface area contributed by atoms with Crippen LogP contribution in [0.15, 0.2) is 24.3 Å². The normalized spacial score (nSPS) is 21.5. The molecule has 0 N–H and O–H groups in total. The van der Waals surface area contributed by atoms with Crippen molar-refractivity contribution in [2.75, 3.05) is 5.08 Å². The first kappa shape index (κ1) is 7.94. The van der Waals surface area contributed by atoms with Gasteiger partial charge in [-0.25, -0.2) is 4.21 Å². The second-order valence-electron chi connectivity index (χ2n) is 2.15. The highest BCUT2D eigenvalue weighted by molar-refractivity contribution is 8.06. The lowest BCUT2D eigenvalue weighted by Gasteiger charge is -2.01. The zero-order valence-electron chi connectivity index (χ0n) is 6.06. The van der Waals surface area contributed by atoms with Crippen molar-refractivity contribution in [2.45, 2.75) is 0 Å². The van der Waals surface area contributed by atoms with Crippen molar-refractivity contribution in [2.24, 2.45) is 0 Å². The first-order chi connectivity index (χ1) is 5.86. The van der Waals surface area contributed by atoms with Gasteiger partial charge < -0.3 is 8.37 Å². The minimum atomic E-state index is -1.28.